The number of nitrogens with one attached hydrogen (secondary N) is 1. The van der Waals surface area contributed by atoms with Gasteiger partial charge in [0.2, 0.25) is 0 Å². The number of aryl methyl sites for hydroxylation is 1. The number of Topliss-reactive ketones (excluding diaryl/α,β-unsaturated/α-hetero) is 1. The fourth-order valence-electron chi connectivity index (χ4n) is 4.24. The predicted molar refractivity (Wildman–Crippen MR) is 108 cm³/mol. The van der Waals surface area contributed by atoms with E-state index in [1.165, 1.54) is 11.9 Å². The number of fused-ring (bicyclic) bond motifs is 1. The molecule has 5 heteroatoms. The van der Waals surface area contributed by atoms with E-state index in [4.69, 9.17) is 0 Å². The van der Waals surface area contributed by atoms with Gasteiger partial charge < -0.3 is 4.98 Å². The number of amides is 2. The second kappa shape index (κ2) is 6.44. The minimum atomic E-state index is -0.311. The largest absolute Gasteiger partial charge is 0.358 e. The van der Waals surface area contributed by atoms with Gasteiger partial charge in [-0.3, -0.25) is 19.3 Å². The van der Waals surface area contributed by atoms with Crippen molar-refractivity contribution >= 4 is 34.1 Å². The van der Waals surface area contributed by atoms with Gasteiger partial charge in [-0.2, -0.15) is 0 Å². The number of hydrogen-bond donors (Lipinski definition) is 1. The summed E-state index contributed by atoms with van der Waals surface area (Å²) in [6, 6.07) is 7.76. The Morgan fingerprint density at radius 2 is 1.79 bits per heavy atom. The first-order valence-electron chi connectivity index (χ1n) is 9.36. The minimum absolute atomic E-state index is 0.0378. The zero-order valence-corrected chi connectivity index (χ0v) is 16.4. The third kappa shape index (κ3) is 2.58. The Hall–Kier alpha value is -3.21. The molecule has 4 rings (SSSR count). The fourth-order valence-corrected chi connectivity index (χ4v) is 4.24. The lowest BCUT2D eigenvalue weighted by Gasteiger charge is -2.21. The number of carbonyl (C=O) groups is 3. The Bertz CT molecular complexity index is 1130. The van der Waals surface area contributed by atoms with Crippen molar-refractivity contribution in [2.24, 2.45) is 11.8 Å². The molecule has 0 fully saturated rings. The molecule has 0 saturated carbocycles. The Morgan fingerprint density at radius 3 is 2.46 bits per heavy atom. The van der Waals surface area contributed by atoms with Crippen LogP contribution in [0, 0.1) is 18.8 Å². The predicted octanol–water partition coefficient (Wildman–Crippen LogP) is 3.57. The summed E-state index contributed by atoms with van der Waals surface area (Å²) < 4.78 is 0. The number of imide groups is 1. The maximum Gasteiger partial charge on any atom is 0.262 e. The van der Waals surface area contributed by atoms with Gasteiger partial charge in [-0.05, 0) is 31.4 Å². The van der Waals surface area contributed by atoms with Crippen molar-refractivity contribution in [1.29, 1.82) is 0 Å². The van der Waals surface area contributed by atoms with Gasteiger partial charge in [-0.1, -0.05) is 43.4 Å². The van der Waals surface area contributed by atoms with E-state index in [0.29, 0.717) is 16.7 Å². The number of aromatic amines is 1. The number of H-pyrrole nitrogens is 1. The van der Waals surface area contributed by atoms with Crippen LogP contribution in [0.4, 0.5) is 0 Å². The molecular formula is C23H22N2O3. The fraction of sp³-hybridized carbons (Fsp3) is 0.261. The molecule has 2 amide bonds. The van der Waals surface area contributed by atoms with Crippen LogP contribution in [-0.4, -0.2) is 34.5 Å². The Kier molecular flexibility index (Phi) is 4.18. The van der Waals surface area contributed by atoms with E-state index in [2.05, 4.69) is 4.98 Å². The normalized spacial score (nSPS) is 22.4. The molecule has 1 aromatic carbocycles. The standard InChI is InChI=1S/C23H22N2O3/c1-12-11-15(9-10-16(12)14(3)26)20-21(23(28)25(4)22(20)27)19-13(2)24-18-8-6-5-7-17(18)19/h5-12,16,24H,1-4H3. The highest BCUT2D eigenvalue weighted by atomic mass is 16.2. The van der Waals surface area contributed by atoms with E-state index in [1.807, 2.05) is 50.3 Å². The number of para-hydroxylation sites is 1. The van der Waals surface area contributed by atoms with Gasteiger partial charge >= 0.3 is 0 Å². The summed E-state index contributed by atoms with van der Waals surface area (Å²) in [5, 5.41) is 0.916. The highest BCUT2D eigenvalue weighted by Gasteiger charge is 2.40. The lowest BCUT2D eigenvalue weighted by Crippen LogP contribution is -2.27. The van der Waals surface area contributed by atoms with Crippen molar-refractivity contribution in [2.75, 3.05) is 7.05 Å². The van der Waals surface area contributed by atoms with E-state index >= 15 is 0 Å². The maximum absolute atomic E-state index is 13.0. The highest BCUT2D eigenvalue weighted by molar-refractivity contribution is 6.39. The molecule has 1 aromatic heterocycles. The molecule has 2 heterocycles. The van der Waals surface area contributed by atoms with Crippen molar-refractivity contribution in [2.45, 2.75) is 20.8 Å². The van der Waals surface area contributed by atoms with Crippen molar-refractivity contribution in [3.05, 3.63) is 64.9 Å². The molecule has 1 aliphatic carbocycles. The van der Waals surface area contributed by atoms with Crippen LogP contribution in [0.15, 0.2) is 53.6 Å². The van der Waals surface area contributed by atoms with Crippen LogP contribution in [-0.2, 0) is 14.4 Å². The van der Waals surface area contributed by atoms with E-state index in [0.717, 1.165) is 22.2 Å². The number of nitrogens with zero attached hydrogens (tertiary/aromatic N) is 1. The summed E-state index contributed by atoms with van der Waals surface area (Å²) in [7, 11) is 1.51. The summed E-state index contributed by atoms with van der Waals surface area (Å²) in [6.45, 7) is 5.44. The van der Waals surface area contributed by atoms with Gasteiger partial charge in [-0.15, -0.1) is 0 Å². The van der Waals surface area contributed by atoms with Crippen LogP contribution < -0.4 is 0 Å². The molecule has 1 N–H and O–H groups in total. The monoisotopic (exact) mass is 374 g/mol. The summed E-state index contributed by atoms with van der Waals surface area (Å²) in [5.41, 5.74) is 4.07. The van der Waals surface area contributed by atoms with E-state index in [9.17, 15) is 14.4 Å². The smallest absolute Gasteiger partial charge is 0.262 e. The topological polar surface area (TPSA) is 70.2 Å². The van der Waals surface area contributed by atoms with Crippen LogP contribution in [0.2, 0.25) is 0 Å². The molecule has 142 valence electrons. The van der Waals surface area contributed by atoms with Gasteiger partial charge in [0.1, 0.15) is 5.78 Å². The van der Waals surface area contributed by atoms with Crippen molar-refractivity contribution in [1.82, 2.24) is 9.88 Å². The molecule has 2 atom stereocenters. The van der Waals surface area contributed by atoms with E-state index in [1.54, 1.807) is 13.0 Å². The van der Waals surface area contributed by atoms with Crippen LogP contribution >= 0.6 is 0 Å². The number of benzene rings is 1. The molecule has 2 aromatic rings. The number of likely N-dealkylation sites (N-methyl/N-ethyl adjacent to an activating group) is 1. The second-order valence-electron chi connectivity index (χ2n) is 7.57. The zero-order valence-electron chi connectivity index (χ0n) is 16.4. The van der Waals surface area contributed by atoms with Crippen LogP contribution in [0.1, 0.15) is 25.1 Å². The summed E-state index contributed by atoms with van der Waals surface area (Å²) >= 11 is 0. The molecule has 0 spiro atoms. The summed E-state index contributed by atoms with van der Waals surface area (Å²) in [5.74, 6) is -0.763. The van der Waals surface area contributed by atoms with E-state index < -0.39 is 0 Å². The lowest BCUT2D eigenvalue weighted by atomic mass is 9.82. The minimum Gasteiger partial charge on any atom is -0.358 e. The quantitative estimate of drug-likeness (QED) is 0.835. The number of rotatable bonds is 3. The molecular weight excluding hydrogens is 352 g/mol. The van der Waals surface area contributed by atoms with Gasteiger partial charge in [0.15, 0.2) is 0 Å². The summed E-state index contributed by atoms with van der Waals surface area (Å²) in [6.07, 6.45) is 5.57. The summed E-state index contributed by atoms with van der Waals surface area (Å²) in [4.78, 5) is 42.3. The maximum atomic E-state index is 13.0. The Labute approximate surface area is 163 Å². The number of hydrogen-bond acceptors (Lipinski definition) is 3. The van der Waals surface area contributed by atoms with Crippen LogP contribution in [0.5, 0.6) is 0 Å². The first-order valence-corrected chi connectivity index (χ1v) is 9.36. The number of aromatic nitrogens is 1. The molecule has 2 unspecified atom stereocenters. The van der Waals surface area contributed by atoms with Gasteiger partial charge in [0.25, 0.3) is 11.8 Å². The van der Waals surface area contributed by atoms with Gasteiger partial charge in [0.05, 0.1) is 11.1 Å². The zero-order chi connectivity index (χ0) is 20.2. The number of allylic oxidation sites excluding steroid dienone is 3. The van der Waals surface area contributed by atoms with Crippen LogP contribution in [0.25, 0.3) is 16.5 Å². The molecule has 2 aliphatic rings. The molecule has 5 nitrogen and oxygen atoms in total. The van der Waals surface area contributed by atoms with Crippen molar-refractivity contribution in [3.63, 3.8) is 0 Å². The van der Waals surface area contributed by atoms with Gasteiger partial charge in [0, 0.05) is 35.1 Å². The molecule has 0 saturated heterocycles. The molecule has 0 bridgehead atoms. The highest BCUT2D eigenvalue weighted by Crippen LogP contribution is 2.40. The average Bonchev–Trinajstić information content (AvgIpc) is 3.09. The van der Waals surface area contributed by atoms with E-state index in [-0.39, 0.29) is 29.4 Å². The Balaban J connectivity index is 1.96. The van der Waals surface area contributed by atoms with Crippen LogP contribution in [0.3, 0.4) is 0 Å². The Morgan fingerprint density at radius 1 is 1.11 bits per heavy atom. The molecule has 0 radical (unpaired) electrons. The number of ketones is 1. The van der Waals surface area contributed by atoms with Crippen molar-refractivity contribution < 1.29 is 14.4 Å². The lowest BCUT2D eigenvalue weighted by molar-refractivity contribution is -0.135. The first-order chi connectivity index (χ1) is 13.3. The first kappa shape index (κ1) is 18.2. The SMILES string of the molecule is CC(=O)C1C=CC(C2=C(c3c(C)[nH]c4ccccc34)C(=O)N(C)C2=O)=CC1C. The molecule has 28 heavy (non-hydrogen) atoms. The third-order valence-corrected chi connectivity index (χ3v) is 5.68. The average molecular weight is 374 g/mol. The van der Waals surface area contributed by atoms with Crippen molar-refractivity contribution in [3.8, 4) is 0 Å². The third-order valence-electron chi connectivity index (χ3n) is 5.68. The van der Waals surface area contributed by atoms with Gasteiger partial charge in [-0.25, -0.2) is 0 Å². The number of carbonyl (C=O) groups excluding carboxylic acids is 3. The molecule has 1 aliphatic heterocycles. The second-order valence-corrected chi connectivity index (χ2v) is 7.57.